The van der Waals surface area contributed by atoms with Crippen molar-refractivity contribution < 1.29 is 14.1 Å². The molecule has 23 heavy (non-hydrogen) atoms. The molecule has 0 unspecified atom stereocenters. The molecule has 1 N–H and O–H groups in total. The van der Waals surface area contributed by atoms with Crippen LogP contribution < -0.4 is 5.32 Å². The maximum Gasteiger partial charge on any atom is 0.269 e. The summed E-state index contributed by atoms with van der Waals surface area (Å²) in [6.45, 7) is 0.381. The first-order chi connectivity index (χ1) is 11.0. The lowest BCUT2D eigenvalue weighted by Gasteiger charge is -2.16. The average molecular weight is 317 g/mol. The Labute approximate surface area is 132 Å². The lowest BCUT2D eigenvalue weighted by Crippen LogP contribution is -2.30. The quantitative estimate of drug-likeness (QED) is 0.656. The second kappa shape index (κ2) is 7.46. The van der Waals surface area contributed by atoms with E-state index in [-0.39, 0.29) is 24.0 Å². The van der Waals surface area contributed by atoms with Crippen LogP contribution in [0.3, 0.4) is 0 Å². The van der Waals surface area contributed by atoms with Crippen LogP contribution in [0, 0.1) is 15.9 Å². The number of hydrogen-bond donors (Lipinski definition) is 1. The Bertz CT molecular complexity index is 704. The number of carbonyl (C=O) groups excluding carboxylic acids is 1. The molecule has 0 heterocycles. The number of likely N-dealkylation sites (N-methyl/N-ethyl adjacent to an activating group) is 1. The molecule has 2 aromatic carbocycles. The largest absolute Gasteiger partial charge is 0.325 e. The highest BCUT2D eigenvalue weighted by Gasteiger charge is 2.10. The van der Waals surface area contributed by atoms with Gasteiger partial charge in [-0.2, -0.15) is 0 Å². The standard InChI is InChI=1S/C16H16FN3O3/c1-19(10-12-4-2-3-5-15(12)17)11-16(21)18-13-6-8-14(9-7-13)20(22)23/h2-9H,10-11H2,1H3,(H,18,21). The maximum absolute atomic E-state index is 13.6. The molecule has 120 valence electrons. The topological polar surface area (TPSA) is 75.5 Å². The van der Waals surface area contributed by atoms with Crippen molar-refractivity contribution in [2.45, 2.75) is 6.54 Å². The highest BCUT2D eigenvalue weighted by atomic mass is 19.1. The second-order valence-corrected chi connectivity index (χ2v) is 5.12. The highest BCUT2D eigenvalue weighted by Crippen LogP contribution is 2.15. The van der Waals surface area contributed by atoms with Gasteiger partial charge in [0.25, 0.3) is 5.69 Å². The van der Waals surface area contributed by atoms with Crippen molar-refractivity contribution in [1.29, 1.82) is 0 Å². The Hall–Kier alpha value is -2.80. The summed E-state index contributed by atoms with van der Waals surface area (Å²) < 4.78 is 13.6. The van der Waals surface area contributed by atoms with Crippen molar-refractivity contribution in [2.75, 3.05) is 18.9 Å². The van der Waals surface area contributed by atoms with Crippen LogP contribution in [0.4, 0.5) is 15.8 Å². The number of amides is 1. The predicted octanol–water partition coefficient (Wildman–Crippen LogP) is 2.80. The van der Waals surface area contributed by atoms with Crippen LogP contribution in [0.5, 0.6) is 0 Å². The number of benzene rings is 2. The van der Waals surface area contributed by atoms with Crippen LogP contribution >= 0.6 is 0 Å². The molecule has 0 saturated carbocycles. The van der Waals surface area contributed by atoms with Crippen molar-refractivity contribution in [3.63, 3.8) is 0 Å². The first-order valence-electron chi connectivity index (χ1n) is 6.92. The zero-order valence-electron chi connectivity index (χ0n) is 12.5. The van der Waals surface area contributed by atoms with E-state index < -0.39 is 4.92 Å². The predicted molar refractivity (Wildman–Crippen MR) is 84.5 cm³/mol. The molecular formula is C16H16FN3O3. The number of halogens is 1. The Morgan fingerprint density at radius 3 is 2.48 bits per heavy atom. The normalized spacial score (nSPS) is 10.6. The lowest BCUT2D eigenvalue weighted by molar-refractivity contribution is -0.384. The van der Waals surface area contributed by atoms with E-state index in [0.717, 1.165) is 0 Å². The van der Waals surface area contributed by atoms with E-state index in [1.165, 1.54) is 30.3 Å². The minimum absolute atomic E-state index is 0.0420. The molecule has 0 aliphatic heterocycles. The molecule has 0 aliphatic rings. The Kier molecular flexibility index (Phi) is 5.37. The molecule has 2 rings (SSSR count). The molecule has 0 aliphatic carbocycles. The molecule has 0 aromatic heterocycles. The summed E-state index contributed by atoms with van der Waals surface area (Å²) in [5.41, 5.74) is 0.942. The van der Waals surface area contributed by atoms with Crippen molar-refractivity contribution in [2.24, 2.45) is 0 Å². The fraction of sp³-hybridized carbons (Fsp3) is 0.188. The maximum atomic E-state index is 13.6. The summed E-state index contributed by atoms with van der Waals surface area (Å²) >= 11 is 0. The molecule has 0 radical (unpaired) electrons. The third-order valence-electron chi connectivity index (χ3n) is 3.17. The Balaban J connectivity index is 1.89. The first kappa shape index (κ1) is 16.6. The number of hydrogen-bond acceptors (Lipinski definition) is 4. The summed E-state index contributed by atoms with van der Waals surface area (Å²) in [6, 6.07) is 12.0. The second-order valence-electron chi connectivity index (χ2n) is 5.12. The van der Waals surface area contributed by atoms with Crippen LogP contribution in [0.1, 0.15) is 5.56 Å². The molecule has 1 amide bonds. The molecule has 0 saturated heterocycles. The summed E-state index contributed by atoms with van der Waals surface area (Å²) in [7, 11) is 1.71. The number of rotatable bonds is 6. The van der Waals surface area contributed by atoms with E-state index >= 15 is 0 Å². The third-order valence-corrected chi connectivity index (χ3v) is 3.17. The summed E-state index contributed by atoms with van der Waals surface area (Å²) in [5, 5.41) is 13.2. The smallest absolute Gasteiger partial charge is 0.269 e. The number of carbonyl (C=O) groups is 1. The van der Waals surface area contributed by atoms with E-state index in [2.05, 4.69) is 5.32 Å². The monoisotopic (exact) mass is 317 g/mol. The fourth-order valence-corrected chi connectivity index (χ4v) is 2.09. The highest BCUT2D eigenvalue weighted by molar-refractivity contribution is 5.92. The van der Waals surface area contributed by atoms with Crippen LogP contribution in [0.15, 0.2) is 48.5 Å². The number of anilines is 1. The number of nitro groups is 1. The summed E-state index contributed by atoms with van der Waals surface area (Å²) in [4.78, 5) is 23.7. The van der Waals surface area contributed by atoms with Crippen molar-refractivity contribution >= 4 is 17.3 Å². The van der Waals surface area contributed by atoms with Gasteiger partial charge in [-0.05, 0) is 25.2 Å². The SMILES string of the molecule is CN(CC(=O)Nc1ccc([N+](=O)[O-])cc1)Cc1ccccc1F. The minimum atomic E-state index is -0.506. The van der Waals surface area contributed by atoms with Gasteiger partial charge in [0.1, 0.15) is 5.82 Å². The van der Waals surface area contributed by atoms with E-state index in [9.17, 15) is 19.3 Å². The van der Waals surface area contributed by atoms with Gasteiger partial charge < -0.3 is 5.32 Å². The zero-order chi connectivity index (χ0) is 16.8. The minimum Gasteiger partial charge on any atom is -0.325 e. The number of nitrogens with zero attached hydrogens (tertiary/aromatic N) is 2. The molecule has 0 fully saturated rings. The van der Waals surface area contributed by atoms with Gasteiger partial charge in [-0.3, -0.25) is 19.8 Å². The van der Waals surface area contributed by atoms with Crippen molar-refractivity contribution in [1.82, 2.24) is 4.90 Å². The fourth-order valence-electron chi connectivity index (χ4n) is 2.09. The Morgan fingerprint density at radius 1 is 1.22 bits per heavy atom. The van der Waals surface area contributed by atoms with Gasteiger partial charge in [0, 0.05) is 29.9 Å². The van der Waals surface area contributed by atoms with Crippen molar-refractivity contribution in [3.8, 4) is 0 Å². The van der Waals surface area contributed by atoms with Gasteiger partial charge in [-0.25, -0.2) is 4.39 Å². The van der Waals surface area contributed by atoms with Crippen LogP contribution in [-0.4, -0.2) is 29.3 Å². The number of nitro benzene ring substituents is 1. The molecule has 0 atom stereocenters. The van der Waals surface area contributed by atoms with Crippen LogP contribution in [0.2, 0.25) is 0 Å². The van der Waals surface area contributed by atoms with Crippen molar-refractivity contribution in [3.05, 3.63) is 70.0 Å². The average Bonchev–Trinajstić information content (AvgIpc) is 2.50. The molecule has 6 nitrogen and oxygen atoms in total. The van der Waals surface area contributed by atoms with Crippen LogP contribution in [0.25, 0.3) is 0 Å². The van der Waals surface area contributed by atoms with Gasteiger partial charge in [0.05, 0.1) is 11.5 Å². The van der Waals surface area contributed by atoms with Crippen LogP contribution in [-0.2, 0) is 11.3 Å². The lowest BCUT2D eigenvalue weighted by atomic mass is 10.2. The van der Waals surface area contributed by atoms with E-state index in [4.69, 9.17) is 0 Å². The zero-order valence-corrected chi connectivity index (χ0v) is 12.5. The first-order valence-corrected chi connectivity index (χ1v) is 6.92. The van der Waals surface area contributed by atoms with Gasteiger partial charge in [0.15, 0.2) is 0 Å². The van der Waals surface area contributed by atoms with Gasteiger partial charge >= 0.3 is 0 Å². The van der Waals surface area contributed by atoms with E-state index in [1.54, 1.807) is 30.1 Å². The van der Waals surface area contributed by atoms with Gasteiger partial charge in [-0.15, -0.1) is 0 Å². The summed E-state index contributed by atoms with van der Waals surface area (Å²) in [5.74, 6) is -0.590. The Morgan fingerprint density at radius 2 is 1.87 bits per heavy atom. The number of non-ortho nitro benzene ring substituents is 1. The molecule has 0 bridgehead atoms. The van der Waals surface area contributed by atoms with E-state index in [0.29, 0.717) is 17.8 Å². The van der Waals surface area contributed by atoms with Gasteiger partial charge in [0.2, 0.25) is 5.91 Å². The molecule has 2 aromatic rings. The third kappa shape index (κ3) is 4.86. The van der Waals surface area contributed by atoms with E-state index in [1.807, 2.05) is 0 Å². The number of nitrogens with one attached hydrogen (secondary N) is 1. The van der Waals surface area contributed by atoms with Gasteiger partial charge in [-0.1, -0.05) is 18.2 Å². The molecule has 7 heteroatoms. The summed E-state index contributed by atoms with van der Waals surface area (Å²) in [6.07, 6.45) is 0. The molecule has 0 spiro atoms. The molecular weight excluding hydrogens is 301 g/mol.